The average Bonchev–Trinajstić information content (AvgIpc) is 3.04. The second-order valence-corrected chi connectivity index (χ2v) is 6.47. The number of nitrogens with one attached hydrogen (secondary N) is 2. The third-order valence-electron chi connectivity index (χ3n) is 3.54. The second kappa shape index (κ2) is 7.27. The maximum absolute atomic E-state index is 12.3. The minimum atomic E-state index is -0.237. The van der Waals surface area contributed by atoms with Crippen molar-refractivity contribution in [3.05, 3.63) is 65.0 Å². The molecule has 25 heavy (non-hydrogen) atoms. The summed E-state index contributed by atoms with van der Waals surface area (Å²) in [5, 5.41) is 7.93. The van der Waals surface area contributed by atoms with Crippen LogP contribution in [0, 0.1) is 6.92 Å². The van der Waals surface area contributed by atoms with Crippen LogP contribution in [0.5, 0.6) is 0 Å². The maximum atomic E-state index is 12.3. The SMILES string of the molecule is CC(=O)Nc1ccc(C(=O)Nc2nc(-c3ccc(C)cc3)cs2)cc1. The Morgan fingerprint density at radius 1 is 0.960 bits per heavy atom. The monoisotopic (exact) mass is 351 g/mol. The summed E-state index contributed by atoms with van der Waals surface area (Å²) in [4.78, 5) is 27.8. The topological polar surface area (TPSA) is 71.1 Å². The molecule has 2 N–H and O–H groups in total. The Hall–Kier alpha value is -2.99. The van der Waals surface area contributed by atoms with Gasteiger partial charge in [-0.3, -0.25) is 14.9 Å². The van der Waals surface area contributed by atoms with E-state index in [0.717, 1.165) is 11.3 Å². The highest BCUT2D eigenvalue weighted by Gasteiger charge is 2.10. The fourth-order valence-electron chi connectivity index (χ4n) is 2.27. The quantitative estimate of drug-likeness (QED) is 0.735. The standard InChI is InChI=1S/C19H17N3O2S/c1-12-3-5-14(6-4-12)17-11-25-19(21-17)22-18(24)15-7-9-16(10-8-15)20-13(2)23/h3-11H,1-2H3,(H,20,23)(H,21,22,24). The molecule has 126 valence electrons. The van der Waals surface area contributed by atoms with Crippen molar-refractivity contribution in [2.45, 2.75) is 13.8 Å². The lowest BCUT2D eigenvalue weighted by Crippen LogP contribution is -2.12. The minimum Gasteiger partial charge on any atom is -0.326 e. The van der Waals surface area contributed by atoms with Gasteiger partial charge in [-0.25, -0.2) is 4.98 Å². The number of aryl methyl sites for hydroxylation is 1. The Bertz CT molecular complexity index is 899. The molecule has 0 saturated heterocycles. The highest BCUT2D eigenvalue weighted by molar-refractivity contribution is 7.14. The molecule has 1 heterocycles. The van der Waals surface area contributed by atoms with Gasteiger partial charge in [0.2, 0.25) is 5.91 Å². The van der Waals surface area contributed by atoms with Gasteiger partial charge < -0.3 is 5.32 Å². The number of amides is 2. The normalized spacial score (nSPS) is 10.3. The molecule has 1 aromatic heterocycles. The van der Waals surface area contributed by atoms with E-state index in [-0.39, 0.29) is 11.8 Å². The van der Waals surface area contributed by atoms with Gasteiger partial charge >= 0.3 is 0 Å². The molecule has 0 atom stereocenters. The molecule has 0 spiro atoms. The zero-order chi connectivity index (χ0) is 17.8. The predicted octanol–water partition coefficient (Wildman–Crippen LogP) is 4.33. The third kappa shape index (κ3) is 4.30. The van der Waals surface area contributed by atoms with E-state index in [4.69, 9.17) is 0 Å². The number of rotatable bonds is 4. The van der Waals surface area contributed by atoms with Crippen LogP contribution in [-0.2, 0) is 4.79 Å². The Labute approximate surface area is 149 Å². The fraction of sp³-hybridized carbons (Fsp3) is 0.105. The summed E-state index contributed by atoms with van der Waals surface area (Å²) in [6, 6.07) is 14.8. The van der Waals surface area contributed by atoms with Crippen LogP contribution < -0.4 is 10.6 Å². The van der Waals surface area contributed by atoms with Gasteiger partial charge in [-0.1, -0.05) is 29.8 Å². The molecule has 3 rings (SSSR count). The first-order chi connectivity index (χ1) is 12.0. The Kier molecular flexibility index (Phi) is 4.90. The molecule has 0 fully saturated rings. The molecular weight excluding hydrogens is 334 g/mol. The van der Waals surface area contributed by atoms with Gasteiger partial charge in [0.05, 0.1) is 5.69 Å². The van der Waals surface area contributed by atoms with Crippen LogP contribution in [0.1, 0.15) is 22.8 Å². The van der Waals surface area contributed by atoms with Crippen molar-refractivity contribution < 1.29 is 9.59 Å². The highest BCUT2D eigenvalue weighted by atomic mass is 32.1. The van der Waals surface area contributed by atoms with Crippen molar-refractivity contribution >= 4 is 34.0 Å². The van der Waals surface area contributed by atoms with Crippen LogP contribution in [0.15, 0.2) is 53.9 Å². The van der Waals surface area contributed by atoms with Crippen LogP contribution in [0.4, 0.5) is 10.8 Å². The number of benzene rings is 2. The zero-order valence-corrected chi connectivity index (χ0v) is 14.7. The molecule has 0 aliphatic heterocycles. The summed E-state index contributed by atoms with van der Waals surface area (Å²) in [5.74, 6) is -0.386. The van der Waals surface area contributed by atoms with E-state index in [9.17, 15) is 9.59 Å². The summed E-state index contributed by atoms with van der Waals surface area (Å²) >= 11 is 1.38. The van der Waals surface area contributed by atoms with E-state index >= 15 is 0 Å². The first kappa shape index (κ1) is 16.9. The molecule has 6 heteroatoms. The van der Waals surface area contributed by atoms with Gasteiger partial charge in [-0.15, -0.1) is 11.3 Å². The molecule has 5 nitrogen and oxygen atoms in total. The summed E-state index contributed by atoms with van der Waals surface area (Å²) in [5.41, 5.74) is 4.19. The van der Waals surface area contributed by atoms with Crippen molar-refractivity contribution in [1.82, 2.24) is 4.98 Å². The summed E-state index contributed by atoms with van der Waals surface area (Å²) in [6.07, 6.45) is 0. The van der Waals surface area contributed by atoms with E-state index in [1.807, 2.05) is 36.6 Å². The Balaban J connectivity index is 1.69. The number of carbonyl (C=O) groups is 2. The van der Waals surface area contributed by atoms with Crippen molar-refractivity contribution in [3.8, 4) is 11.3 Å². The Morgan fingerprint density at radius 2 is 1.64 bits per heavy atom. The van der Waals surface area contributed by atoms with Gasteiger partial charge in [0.15, 0.2) is 5.13 Å². The number of aromatic nitrogens is 1. The highest BCUT2D eigenvalue weighted by Crippen LogP contribution is 2.25. The second-order valence-electron chi connectivity index (χ2n) is 5.62. The summed E-state index contributed by atoms with van der Waals surface area (Å²) < 4.78 is 0. The van der Waals surface area contributed by atoms with E-state index in [0.29, 0.717) is 16.4 Å². The van der Waals surface area contributed by atoms with Crippen molar-refractivity contribution in [2.24, 2.45) is 0 Å². The fourth-order valence-corrected chi connectivity index (χ4v) is 2.98. The van der Waals surface area contributed by atoms with E-state index in [2.05, 4.69) is 15.6 Å². The van der Waals surface area contributed by atoms with Gasteiger partial charge in [0.25, 0.3) is 5.91 Å². The van der Waals surface area contributed by atoms with E-state index < -0.39 is 0 Å². The molecule has 2 aromatic carbocycles. The summed E-state index contributed by atoms with van der Waals surface area (Å²) in [7, 11) is 0. The van der Waals surface area contributed by atoms with Gasteiger partial charge in [0, 0.05) is 29.1 Å². The lowest BCUT2D eigenvalue weighted by Gasteiger charge is -2.04. The predicted molar refractivity (Wildman–Crippen MR) is 101 cm³/mol. The van der Waals surface area contributed by atoms with Crippen molar-refractivity contribution in [1.29, 1.82) is 0 Å². The van der Waals surface area contributed by atoms with Crippen LogP contribution in [0.3, 0.4) is 0 Å². The molecule has 3 aromatic rings. The smallest absolute Gasteiger partial charge is 0.257 e. The Morgan fingerprint density at radius 3 is 2.28 bits per heavy atom. The minimum absolute atomic E-state index is 0.149. The van der Waals surface area contributed by atoms with Crippen molar-refractivity contribution in [2.75, 3.05) is 10.6 Å². The van der Waals surface area contributed by atoms with Crippen LogP contribution in [-0.4, -0.2) is 16.8 Å². The lowest BCUT2D eigenvalue weighted by molar-refractivity contribution is -0.114. The van der Waals surface area contributed by atoms with Gasteiger partial charge in [0.1, 0.15) is 0 Å². The summed E-state index contributed by atoms with van der Waals surface area (Å²) in [6.45, 7) is 3.47. The number of thiazole rings is 1. The molecule has 0 unspecified atom stereocenters. The van der Waals surface area contributed by atoms with E-state index in [1.54, 1.807) is 24.3 Å². The van der Waals surface area contributed by atoms with Crippen LogP contribution in [0.2, 0.25) is 0 Å². The number of nitrogens with zero attached hydrogens (tertiary/aromatic N) is 1. The molecule has 2 amide bonds. The first-order valence-electron chi connectivity index (χ1n) is 7.73. The van der Waals surface area contributed by atoms with Crippen molar-refractivity contribution in [3.63, 3.8) is 0 Å². The number of anilines is 2. The largest absolute Gasteiger partial charge is 0.326 e. The first-order valence-corrected chi connectivity index (χ1v) is 8.61. The van der Waals surface area contributed by atoms with Gasteiger partial charge in [-0.2, -0.15) is 0 Å². The molecule has 0 aliphatic rings. The molecular formula is C19H17N3O2S. The number of carbonyl (C=O) groups excluding carboxylic acids is 2. The zero-order valence-electron chi connectivity index (χ0n) is 13.9. The number of hydrogen-bond donors (Lipinski definition) is 2. The average molecular weight is 351 g/mol. The lowest BCUT2D eigenvalue weighted by atomic mass is 10.1. The maximum Gasteiger partial charge on any atom is 0.257 e. The third-order valence-corrected chi connectivity index (χ3v) is 4.30. The molecule has 0 bridgehead atoms. The van der Waals surface area contributed by atoms with Crippen LogP contribution >= 0.6 is 11.3 Å². The van der Waals surface area contributed by atoms with Crippen LogP contribution in [0.25, 0.3) is 11.3 Å². The van der Waals surface area contributed by atoms with Gasteiger partial charge in [-0.05, 0) is 31.2 Å². The molecule has 0 radical (unpaired) electrons. The van der Waals surface area contributed by atoms with E-state index in [1.165, 1.54) is 23.8 Å². The molecule has 0 aliphatic carbocycles. The molecule has 0 saturated carbocycles. The number of hydrogen-bond acceptors (Lipinski definition) is 4.